The minimum Gasteiger partial charge on any atom is -0.355 e. The van der Waals surface area contributed by atoms with Crippen LogP contribution in [0.5, 0.6) is 0 Å². The molecule has 0 bridgehead atoms. The monoisotopic (exact) mass is 327 g/mol. The normalized spacial score (nSPS) is 15.8. The average molecular weight is 327 g/mol. The molecule has 1 aliphatic rings. The van der Waals surface area contributed by atoms with Gasteiger partial charge in [0.25, 0.3) is 0 Å². The Morgan fingerprint density at radius 3 is 2.62 bits per heavy atom. The van der Waals surface area contributed by atoms with E-state index in [-0.39, 0.29) is 11.6 Å². The number of carbonyl (C=O) groups excluding carboxylic acids is 2. The third kappa shape index (κ3) is 2.95. The van der Waals surface area contributed by atoms with Crippen molar-refractivity contribution in [1.29, 1.82) is 0 Å². The van der Waals surface area contributed by atoms with E-state index in [0.29, 0.717) is 18.7 Å². The molecule has 24 heavy (non-hydrogen) atoms. The molecule has 0 saturated carbocycles. The highest BCUT2D eigenvalue weighted by Crippen LogP contribution is 2.32. The van der Waals surface area contributed by atoms with E-state index in [1.807, 2.05) is 25.1 Å². The Bertz CT molecular complexity index is 778. The fraction of sp³-hybridized carbons (Fsp3) is 0.222. The molecular weight excluding hydrogens is 309 g/mol. The van der Waals surface area contributed by atoms with Crippen LogP contribution >= 0.6 is 0 Å². The van der Waals surface area contributed by atoms with Crippen LogP contribution in [-0.2, 0) is 11.2 Å². The molecule has 2 aromatic rings. The maximum atomic E-state index is 13.8. The summed E-state index contributed by atoms with van der Waals surface area (Å²) in [5, 5.41) is 5.30. The molecule has 0 radical (unpaired) electrons. The molecule has 1 unspecified atom stereocenters. The van der Waals surface area contributed by atoms with Gasteiger partial charge in [0.1, 0.15) is 11.9 Å². The first kappa shape index (κ1) is 16.0. The lowest BCUT2D eigenvalue weighted by molar-refractivity contribution is -0.122. The van der Waals surface area contributed by atoms with Gasteiger partial charge in [-0.1, -0.05) is 30.3 Å². The van der Waals surface area contributed by atoms with Gasteiger partial charge in [0.15, 0.2) is 0 Å². The average Bonchev–Trinajstić information content (AvgIpc) is 2.97. The van der Waals surface area contributed by atoms with E-state index in [0.717, 1.165) is 5.56 Å². The number of hydrogen-bond acceptors (Lipinski definition) is 2. The van der Waals surface area contributed by atoms with Crippen molar-refractivity contribution in [1.82, 2.24) is 5.32 Å². The second-order valence-corrected chi connectivity index (χ2v) is 5.52. The first-order chi connectivity index (χ1) is 11.6. The van der Waals surface area contributed by atoms with Gasteiger partial charge in [-0.05, 0) is 30.7 Å². The number of nitrogens with zero attached hydrogens (tertiary/aromatic N) is 1. The number of carbonyl (C=O) groups is 2. The van der Waals surface area contributed by atoms with Crippen molar-refractivity contribution in [2.45, 2.75) is 19.4 Å². The maximum absolute atomic E-state index is 13.8. The first-order valence-electron chi connectivity index (χ1n) is 7.82. The molecule has 1 heterocycles. The Kier molecular flexibility index (Phi) is 4.46. The number of para-hydroxylation sites is 2. The van der Waals surface area contributed by atoms with Crippen molar-refractivity contribution in [2.75, 3.05) is 16.8 Å². The van der Waals surface area contributed by atoms with Gasteiger partial charge >= 0.3 is 6.03 Å². The number of fused-ring (bicyclic) bond motifs is 1. The number of nitrogens with one attached hydrogen (secondary N) is 2. The van der Waals surface area contributed by atoms with E-state index in [4.69, 9.17) is 0 Å². The summed E-state index contributed by atoms with van der Waals surface area (Å²) in [6.07, 6.45) is 0.437. The summed E-state index contributed by atoms with van der Waals surface area (Å²) in [4.78, 5) is 26.5. The van der Waals surface area contributed by atoms with Gasteiger partial charge in [-0.25, -0.2) is 9.18 Å². The van der Waals surface area contributed by atoms with Crippen LogP contribution in [-0.4, -0.2) is 24.5 Å². The van der Waals surface area contributed by atoms with Crippen molar-refractivity contribution < 1.29 is 14.0 Å². The van der Waals surface area contributed by atoms with Crippen LogP contribution in [0.2, 0.25) is 0 Å². The number of anilines is 2. The van der Waals surface area contributed by atoms with E-state index in [1.165, 1.54) is 17.0 Å². The van der Waals surface area contributed by atoms with E-state index < -0.39 is 17.9 Å². The molecule has 1 aliphatic heterocycles. The molecule has 1 atom stereocenters. The van der Waals surface area contributed by atoms with Gasteiger partial charge < -0.3 is 10.6 Å². The molecule has 0 fully saturated rings. The van der Waals surface area contributed by atoms with Gasteiger partial charge in [0.05, 0.1) is 5.69 Å². The quantitative estimate of drug-likeness (QED) is 0.910. The second kappa shape index (κ2) is 6.70. The Labute approximate surface area is 139 Å². The zero-order valence-corrected chi connectivity index (χ0v) is 13.3. The van der Waals surface area contributed by atoms with Crippen molar-refractivity contribution in [3.8, 4) is 0 Å². The first-order valence-corrected chi connectivity index (χ1v) is 7.82. The predicted octanol–water partition coefficient (Wildman–Crippen LogP) is 2.93. The molecular formula is C18H18FN3O2. The zero-order valence-electron chi connectivity index (χ0n) is 13.3. The van der Waals surface area contributed by atoms with Crippen molar-refractivity contribution in [2.24, 2.45) is 0 Å². The fourth-order valence-corrected chi connectivity index (χ4v) is 2.88. The summed E-state index contributed by atoms with van der Waals surface area (Å²) >= 11 is 0. The number of urea groups is 1. The Morgan fingerprint density at radius 1 is 1.17 bits per heavy atom. The predicted molar refractivity (Wildman–Crippen MR) is 90.5 cm³/mol. The minimum absolute atomic E-state index is 0.0848. The van der Waals surface area contributed by atoms with Gasteiger partial charge in [-0.15, -0.1) is 0 Å². The minimum atomic E-state index is -0.644. The zero-order chi connectivity index (χ0) is 17.1. The second-order valence-electron chi connectivity index (χ2n) is 5.52. The molecule has 0 aliphatic carbocycles. The Hall–Kier alpha value is -2.89. The third-order valence-corrected chi connectivity index (χ3v) is 3.96. The smallest absolute Gasteiger partial charge is 0.327 e. The number of benzene rings is 2. The molecule has 3 amide bonds. The molecule has 3 rings (SSSR count). The third-order valence-electron chi connectivity index (χ3n) is 3.96. The van der Waals surface area contributed by atoms with Crippen molar-refractivity contribution in [3.05, 3.63) is 59.9 Å². The van der Waals surface area contributed by atoms with Crippen LogP contribution in [0, 0.1) is 5.82 Å². The lowest BCUT2D eigenvalue weighted by atomic mass is 10.1. The van der Waals surface area contributed by atoms with Crippen molar-refractivity contribution >= 4 is 23.3 Å². The lowest BCUT2D eigenvalue weighted by Crippen LogP contribution is -2.49. The van der Waals surface area contributed by atoms with Crippen LogP contribution in [0.3, 0.4) is 0 Å². The van der Waals surface area contributed by atoms with Crippen LogP contribution in [0.4, 0.5) is 20.6 Å². The SMILES string of the molecule is CCNC(=O)C1Cc2ccccc2N1C(=O)Nc1ccccc1F. The number of likely N-dealkylation sites (N-methyl/N-ethyl adjacent to an activating group) is 1. The summed E-state index contributed by atoms with van der Waals surface area (Å²) in [5.41, 5.74) is 1.67. The Balaban J connectivity index is 1.90. The summed E-state index contributed by atoms with van der Waals surface area (Å²) in [5.74, 6) is -0.745. The van der Waals surface area contributed by atoms with Crippen LogP contribution in [0.25, 0.3) is 0 Å². The maximum Gasteiger partial charge on any atom is 0.327 e. The fourth-order valence-electron chi connectivity index (χ4n) is 2.88. The lowest BCUT2D eigenvalue weighted by Gasteiger charge is -2.25. The molecule has 2 aromatic carbocycles. The van der Waals surface area contributed by atoms with Crippen LogP contribution in [0.15, 0.2) is 48.5 Å². The summed E-state index contributed by atoms with van der Waals surface area (Å²) in [7, 11) is 0. The highest BCUT2D eigenvalue weighted by atomic mass is 19.1. The summed E-state index contributed by atoms with van der Waals surface area (Å²) in [6.45, 7) is 2.30. The number of rotatable bonds is 3. The standard InChI is InChI=1S/C18H18FN3O2/c1-2-20-17(23)16-11-12-7-3-6-10-15(12)22(16)18(24)21-14-9-5-4-8-13(14)19/h3-10,16H,2,11H2,1H3,(H,20,23)(H,21,24). The van der Waals surface area contributed by atoms with E-state index in [9.17, 15) is 14.0 Å². The van der Waals surface area contributed by atoms with Crippen LogP contribution in [0.1, 0.15) is 12.5 Å². The summed E-state index contributed by atoms with van der Waals surface area (Å²) < 4.78 is 13.8. The number of hydrogen-bond donors (Lipinski definition) is 2. The Morgan fingerprint density at radius 2 is 1.88 bits per heavy atom. The molecule has 124 valence electrons. The van der Waals surface area contributed by atoms with Gasteiger partial charge in [0, 0.05) is 18.7 Å². The van der Waals surface area contributed by atoms with Gasteiger partial charge in [-0.2, -0.15) is 0 Å². The van der Waals surface area contributed by atoms with E-state index in [2.05, 4.69) is 10.6 Å². The number of amides is 3. The molecule has 2 N–H and O–H groups in total. The highest BCUT2D eigenvalue weighted by Gasteiger charge is 2.38. The van der Waals surface area contributed by atoms with E-state index >= 15 is 0 Å². The molecule has 0 saturated heterocycles. The molecule has 0 aromatic heterocycles. The largest absolute Gasteiger partial charge is 0.355 e. The van der Waals surface area contributed by atoms with Crippen LogP contribution < -0.4 is 15.5 Å². The van der Waals surface area contributed by atoms with Gasteiger partial charge in [0.2, 0.25) is 5.91 Å². The molecule has 0 spiro atoms. The highest BCUT2D eigenvalue weighted by molar-refractivity contribution is 6.08. The summed E-state index contributed by atoms with van der Waals surface area (Å²) in [6, 6.07) is 12.1. The molecule has 6 heteroatoms. The van der Waals surface area contributed by atoms with E-state index in [1.54, 1.807) is 18.2 Å². The van der Waals surface area contributed by atoms with Crippen molar-refractivity contribution in [3.63, 3.8) is 0 Å². The molecule has 5 nitrogen and oxygen atoms in total. The topological polar surface area (TPSA) is 61.4 Å². The number of halogens is 1. The van der Waals surface area contributed by atoms with Gasteiger partial charge in [-0.3, -0.25) is 9.69 Å².